The van der Waals surface area contributed by atoms with Crippen molar-refractivity contribution < 1.29 is 4.79 Å². The number of amidine groups is 1. The fraction of sp³-hybridized carbons (Fsp3) is 0.778. The van der Waals surface area contributed by atoms with Crippen molar-refractivity contribution >= 4 is 11.7 Å². The fourth-order valence-corrected chi connectivity index (χ4v) is 1.40. The number of rotatable bonds is 4. The molecule has 1 aliphatic heterocycles. The number of amides is 1. The number of nitrogens with one attached hydrogen (secondary N) is 2. The fourth-order valence-electron chi connectivity index (χ4n) is 1.40. The highest BCUT2D eigenvalue weighted by molar-refractivity contribution is 5.87. The van der Waals surface area contributed by atoms with Gasteiger partial charge in [-0.15, -0.1) is 0 Å². The lowest BCUT2D eigenvalue weighted by atomic mass is 10.4. The molecule has 0 spiro atoms. The first-order chi connectivity index (χ1) is 6.24. The van der Waals surface area contributed by atoms with Crippen molar-refractivity contribution in [2.24, 2.45) is 0 Å². The zero-order chi connectivity index (χ0) is 9.68. The third-order valence-corrected chi connectivity index (χ3v) is 2.13. The van der Waals surface area contributed by atoms with Gasteiger partial charge in [0.05, 0.1) is 12.4 Å². The van der Waals surface area contributed by atoms with Crippen molar-refractivity contribution in [1.29, 1.82) is 5.41 Å². The second-order valence-corrected chi connectivity index (χ2v) is 3.32. The summed E-state index contributed by atoms with van der Waals surface area (Å²) in [7, 11) is 0. The smallest absolute Gasteiger partial charge is 0.239 e. The first kappa shape index (κ1) is 10.0. The summed E-state index contributed by atoms with van der Waals surface area (Å²) in [5.41, 5.74) is 0. The largest absolute Gasteiger partial charge is 0.355 e. The Balaban J connectivity index is 2.23. The molecule has 0 aliphatic carbocycles. The molecule has 0 saturated carbocycles. The van der Waals surface area contributed by atoms with Crippen LogP contribution >= 0.6 is 0 Å². The van der Waals surface area contributed by atoms with Gasteiger partial charge in [0.2, 0.25) is 5.91 Å². The molecule has 1 aliphatic rings. The van der Waals surface area contributed by atoms with Crippen LogP contribution in [0, 0.1) is 5.41 Å². The second kappa shape index (κ2) is 4.84. The quantitative estimate of drug-likeness (QED) is 0.670. The van der Waals surface area contributed by atoms with Gasteiger partial charge in [-0.2, -0.15) is 0 Å². The van der Waals surface area contributed by atoms with Gasteiger partial charge < -0.3 is 10.2 Å². The third kappa shape index (κ3) is 3.05. The van der Waals surface area contributed by atoms with Gasteiger partial charge in [-0.25, -0.2) is 0 Å². The van der Waals surface area contributed by atoms with E-state index >= 15 is 0 Å². The average molecular weight is 183 g/mol. The standard InChI is InChI=1S/C9H17N3O/c1-2-5-11-9(13)7-12-6-3-4-8(12)10/h10H,2-7H2,1H3,(H,11,13). The van der Waals surface area contributed by atoms with Crippen LogP contribution in [0.2, 0.25) is 0 Å². The Hall–Kier alpha value is -1.06. The van der Waals surface area contributed by atoms with Gasteiger partial charge >= 0.3 is 0 Å². The monoisotopic (exact) mass is 183 g/mol. The topological polar surface area (TPSA) is 56.2 Å². The maximum atomic E-state index is 11.3. The molecule has 0 aromatic rings. The summed E-state index contributed by atoms with van der Waals surface area (Å²) in [6, 6.07) is 0. The Morgan fingerprint density at radius 1 is 1.69 bits per heavy atom. The summed E-state index contributed by atoms with van der Waals surface area (Å²) < 4.78 is 0. The Labute approximate surface area is 78.8 Å². The van der Waals surface area contributed by atoms with E-state index in [0.717, 1.165) is 32.4 Å². The van der Waals surface area contributed by atoms with Gasteiger partial charge in [0.25, 0.3) is 0 Å². The van der Waals surface area contributed by atoms with Gasteiger partial charge in [-0.3, -0.25) is 10.2 Å². The van der Waals surface area contributed by atoms with Crippen molar-refractivity contribution in [3.05, 3.63) is 0 Å². The molecule has 13 heavy (non-hydrogen) atoms. The molecule has 1 heterocycles. The minimum absolute atomic E-state index is 0.0356. The van der Waals surface area contributed by atoms with E-state index in [1.165, 1.54) is 0 Å². The predicted molar refractivity (Wildman–Crippen MR) is 51.8 cm³/mol. The van der Waals surface area contributed by atoms with Crippen molar-refractivity contribution in [1.82, 2.24) is 10.2 Å². The number of likely N-dealkylation sites (tertiary alicyclic amines) is 1. The van der Waals surface area contributed by atoms with Crippen molar-refractivity contribution in [2.45, 2.75) is 26.2 Å². The van der Waals surface area contributed by atoms with Crippen LogP contribution in [0.5, 0.6) is 0 Å². The van der Waals surface area contributed by atoms with E-state index in [4.69, 9.17) is 5.41 Å². The summed E-state index contributed by atoms with van der Waals surface area (Å²) in [4.78, 5) is 13.1. The molecule has 0 radical (unpaired) electrons. The Kier molecular flexibility index (Phi) is 3.73. The Bertz CT molecular complexity index is 203. The van der Waals surface area contributed by atoms with E-state index in [1.807, 2.05) is 11.8 Å². The Morgan fingerprint density at radius 3 is 3.00 bits per heavy atom. The van der Waals surface area contributed by atoms with Gasteiger partial charge in [-0.05, 0) is 12.8 Å². The molecular weight excluding hydrogens is 166 g/mol. The third-order valence-electron chi connectivity index (χ3n) is 2.13. The normalized spacial score (nSPS) is 16.4. The van der Waals surface area contributed by atoms with E-state index < -0.39 is 0 Å². The van der Waals surface area contributed by atoms with Crippen LogP contribution in [-0.4, -0.2) is 36.3 Å². The molecular formula is C9H17N3O. The van der Waals surface area contributed by atoms with Gasteiger partial charge in [0.15, 0.2) is 0 Å². The highest BCUT2D eigenvalue weighted by Crippen LogP contribution is 2.08. The SMILES string of the molecule is CCCNC(=O)CN1CCCC1=N. The van der Waals surface area contributed by atoms with E-state index in [0.29, 0.717) is 12.4 Å². The molecule has 0 aromatic heterocycles. The minimum atomic E-state index is 0.0356. The molecule has 0 atom stereocenters. The molecule has 1 rings (SSSR count). The van der Waals surface area contributed by atoms with Crippen molar-refractivity contribution in [3.8, 4) is 0 Å². The van der Waals surface area contributed by atoms with Crippen LogP contribution < -0.4 is 5.32 Å². The molecule has 4 nitrogen and oxygen atoms in total. The van der Waals surface area contributed by atoms with Crippen LogP contribution in [0.4, 0.5) is 0 Å². The second-order valence-electron chi connectivity index (χ2n) is 3.32. The molecule has 0 unspecified atom stereocenters. The molecule has 1 saturated heterocycles. The zero-order valence-corrected chi connectivity index (χ0v) is 8.10. The highest BCUT2D eigenvalue weighted by Gasteiger charge is 2.18. The maximum Gasteiger partial charge on any atom is 0.239 e. The van der Waals surface area contributed by atoms with Crippen molar-refractivity contribution in [2.75, 3.05) is 19.6 Å². The van der Waals surface area contributed by atoms with Gasteiger partial charge in [0, 0.05) is 19.5 Å². The van der Waals surface area contributed by atoms with Crippen LogP contribution in [0.1, 0.15) is 26.2 Å². The lowest BCUT2D eigenvalue weighted by molar-refractivity contribution is -0.121. The first-order valence-corrected chi connectivity index (χ1v) is 4.83. The maximum absolute atomic E-state index is 11.3. The zero-order valence-electron chi connectivity index (χ0n) is 8.10. The van der Waals surface area contributed by atoms with E-state index in [9.17, 15) is 4.79 Å². The summed E-state index contributed by atoms with van der Waals surface area (Å²) in [6.07, 6.45) is 2.80. The van der Waals surface area contributed by atoms with Crippen molar-refractivity contribution in [3.63, 3.8) is 0 Å². The lowest BCUT2D eigenvalue weighted by Gasteiger charge is -2.16. The van der Waals surface area contributed by atoms with Crippen LogP contribution in [0.3, 0.4) is 0 Å². The number of nitrogens with zero attached hydrogens (tertiary/aromatic N) is 1. The highest BCUT2D eigenvalue weighted by atomic mass is 16.2. The first-order valence-electron chi connectivity index (χ1n) is 4.83. The molecule has 0 aromatic carbocycles. The van der Waals surface area contributed by atoms with Crippen LogP contribution in [0.25, 0.3) is 0 Å². The Morgan fingerprint density at radius 2 is 2.46 bits per heavy atom. The molecule has 0 bridgehead atoms. The van der Waals surface area contributed by atoms with Gasteiger partial charge in [-0.1, -0.05) is 6.92 Å². The lowest BCUT2D eigenvalue weighted by Crippen LogP contribution is -2.37. The molecule has 74 valence electrons. The summed E-state index contributed by atoms with van der Waals surface area (Å²) >= 11 is 0. The number of carbonyl (C=O) groups excluding carboxylic acids is 1. The predicted octanol–water partition coefficient (Wildman–Crippen LogP) is 0.586. The summed E-state index contributed by atoms with van der Waals surface area (Å²) in [5.74, 6) is 0.639. The number of hydrogen-bond acceptors (Lipinski definition) is 2. The van der Waals surface area contributed by atoms with Crippen LogP contribution in [0.15, 0.2) is 0 Å². The molecule has 1 fully saturated rings. The summed E-state index contributed by atoms with van der Waals surface area (Å²) in [6.45, 7) is 3.98. The number of hydrogen-bond donors (Lipinski definition) is 2. The van der Waals surface area contributed by atoms with Crippen LogP contribution in [-0.2, 0) is 4.79 Å². The molecule has 2 N–H and O–H groups in total. The van der Waals surface area contributed by atoms with E-state index in [1.54, 1.807) is 0 Å². The molecule has 4 heteroatoms. The summed E-state index contributed by atoms with van der Waals surface area (Å²) in [5, 5.41) is 10.3. The average Bonchev–Trinajstić information content (AvgIpc) is 2.48. The number of carbonyl (C=O) groups is 1. The minimum Gasteiger partial charge on any atom is -0.355 e. The van der Waals surface area contributed by atoms with Gasteiger partial charge in [0.1, 0.15) is 0 Å². The molecule has 1 amide bonds. The van der Waals surface area contributed by atoms with E-state index in [-0.39, 0.29) is 5.91 Å². The van der Waals surface area contributed by atoms with E-state index in [2.05, 4.69) is 5.32 Å².